The van der Waals surface area contributed by atoms with Crippen LogP contribution in [0.15, 0.2) is 37.8 Å². The van der Waals surface area contributed by atoms with E-state index < -0.39 is 0 Å². The van der Waals surface area contributed by atoms with Gasteiger partial charge in [0.05, 0.1) is 30.9 Å². The Kier molecular flexibility index (Phi) is 4.76. The summed E-state index contributed by atoms with van der Waals surface area (Å²) in [4.78, 5) is 0. The first-order valence-corrected chi connectivity index (χ1v) is 7.12. The van der Waals surface area contributed by atoms with Crippen LogP contribution in [0, 0.1) is 0 Å². The zero-order valence-corrected chi connectivity index (χ0v) is 13.7. The first-order valence-electron chi connectivity index (χ1n) is 5.53. The van der Waals surface area contributed by atoms with Gasteiger partial charge in [-0.2, -0.15) is 0 Å². The molecule has 0 saturated heterocycles. The van der Waals surface area contributed by atoms with Crippen molar-refractivity contribution in [3.8, 4) is 11.5 Å². The number of hydrogen-bond acceptors (Lipinski definition) is 4. The Labute approximate surface area is 128 Å². The van der Waals surface area contributed by atoms with Crippen LogP contribution in [0.25, 0.3) is 0 Å². The summed E-state index contributed by atoms with van der Waals surface area (Å²) in [7, 11) is 3.25. The van der Waals surface area contributed by atoms with E-state index in [0.717, 1.165) is 27.4 Å². The van der Waals surface area contributed by atoms with Crippen LogP contribution in [0.4, 0.5) is 5.69 Å². The Balaban J connectivity index is 2.10. The maximum atomic E-state index is 5.50. The molecule has 2 rings (SSSR count). The van der Waals surface area contributed by atoms with E-state index in [2.05, 4.69) is 37.2 Å². The first kappa shape index (κ1) is 14.3. The van der Waals surface area contributed by atoms with Crippen molar-refractivity contribution in [1.82, 2.24) is 0 Å². The van der Waals surface area contributed by atoms with Crippen LogP contribution >= 0.6 is 31.9 Å². The Hall–Kier alpha value is -1.14. The third kappa shape index (κ3) is 3.45. The summed E-state index contributed by atoms with van der Waals surface area (Å²) in [5.41, 5.74) is 0.881. The molecular formula is C13H13Br2NO3. The summed E-state index contributed by atoms with van der Waals surface area (Å²) in [5.74, 6) is 2.30. The Morgan fingerprint density at radius 2 is 1.95 bits per heavy atom. The normalized spacial score (nSPS) is 10.3. The number of methoxy groups -OCH3 is 2. The smallest absolute Gasteiger partial charge is 0.183 e. The highest BCUT2D eigenvalue weighted by Gasteiger charge is 2.08. The molecule has 102 valence electrons. The second-order valence-corrected chi connectivity index (χ2v) is 5.33. The van der Waals surface area contributed by atoms with E-state index in [9.17, 15) is 0 Å². The number of anilines is 1. The fourth-order valence-corrected chi connectivity index (χ4v) is 2.26. The van der Waals surface area contributed by atoms with E-state index in [-0.39, 0.29) is 0 Å². The van der Waals surface area contributed by atoms with Crippen molar-refractivity contribution >= 4 is 37.5 Å². The number of benzene rings is 1. The monoisotopic (exact) mass is 389 g/mol. The zero-order valence-electron chi connectivity index (χ0n) is 10.5. The van der Waals surface area contributed by atoms with E-state index in [1.54, 1.807) is 14.2 Å². The highest BCUT2D eigenvalue weighted by molar-refractivity contribution is 9.13. The topological polar surface area (TPSA) is 43.6 Å². The van der Waals surface area contributed by atoms with Gasteiger partial charge in [0.2, 0.25) is 0 Å². The fraction of sp³-hybridized carbons (Fsp3) is 0.231. The molecule has 0 radical (unpaired) electrons. The molecule has 0 fully saturated rings. The SMILES string of the molecule is COc1ccc(NCc2cc(Br)c(Br)o2)c(OC)c1. The van der Waals surface area contributed by atoms with Crippen molar-refractivity contribution in [3.05, 3.63) is 39.2 Å². The molecule has 0 bridgehead atoms. The molecule has 0 aliphatic rings. The number of hydrogen-bond donors (Lipinski definition) is 1. The lowest BCUT2D eigenvalue weighted by Gasteiger charge is -2.11. The summed E-state index contributed by atoms with van der Waals surface area (Å²) in [6.07, 6.45) is 0. The minimum atomic E-state index is 0.562. The summed E-state index contributed by atoms with van der Waals surface area (Å²) in [6.45, 7) is 0.562. The second-order valence-electron chi connectivity index (χ2n) is 3.75. The van der Waals surface area contributed by atoms with Gasteiger partial charge in [0, 0.05) is 6.07 Å². The van der Waals surface area contributed by atoms with Gasteiger partial charge in [-0.3, -0.25) is 0 Å². The highest BCUT2D eigenvalue weighted by atomic mass is 79.9. The van der Waals surface area contributed by atoms with Crippen LogP contribution in [0.3, 0.4) is 0 Å². The Morgan fingerprint density at radius 3 is 2.53 bits per heavy atom. The van der Waals surface area contributed by atoms with Crippen molar-refractivity contribution in [2.45, 2.75) is 6.54 Å². The Morgan fingerprint density at radius 1 is 1.16 bits per heavy atom. The van der Waals surface area contributed by atoms with E-state index in [1.165, 1.54) is 0 Å². The van der Waals surface area contributed by atoms with Crippen molar-refractivity contribution in [2.75, 3.05) is 19.5 Å². The maximum absolute atomic E-state index is 5.50. The third-order valence-corrected chi connectivity index (χ3v) is 4.27. The molecule has 0 aliphatic carbocycles. The van der Waals surface area contributed by atoms with E-state index in [4.69, 9.17) is 13.9 Å². The van der Waals surface area contributed by atoms with Crippen LogP contribution in [0.5, 0.6) is 11.5 Å². The second kappa shape index (κ2) is 6.34. The van der Waals surface area contributed by atoms with Gasteiger partial charge in [-0.25, -0.2) is 0 Å². The minimum Gasteiger partial charge on any atom is -0.497 e. The number of halogens is 2. The lowest BCUT2D eigenvalue weighted by atomic mass is 10.2. The van der Waals surface area contributed by atoms with E-state index >= 15 is 0 Å². The van der Waals surface area contributed by atoms with E-state index in [0.29, 0.717) is 11.2 Å². The van der Waals surface area contributed by atoms with Gasteiger partial charge >= 0.3 is 0 Å². The molecular weight excluding hydrogens is 378 g/mol. The van der Waals surface area contributed by atoms with Crippen LogP contribution in [-0.4, -0.2) is 14.2 Å². The molecule has 1 heterocycles. The predicted octanol–water partition coefficient (Wildman–Crippen LogP) is 4.43. The zero-order chi connectivity index (χ0) is 13.8. The molecule has 0 unspecified atom stereocenters. The molecule has 19 heavy (non-hydrogen) atoms. The van der Waals surface area contributed by atoms with Crippen LogP contribution < -0.4 is 14.8 Å². The van der Waals surface area contributed by atoms with Gasteiger partial charge in [-0.15, -0.1) is 0 Å². The van der Waals surface area contributed by atoms with Crippen molar-refractivity contribution in [3.63, 3.8) is 0 Å². The summed E-state index contributed by atoms with van der Waals surface area (Å²) in [5, 5.41) is 3.26. The van der Waals surface area contributed by atoms with Gasteiger partial charge in [-0.05, 0) is 50.1 Å². The maximum Gasteiger partial charge on any atom is 0.183 e. The number of nitrogens with one attached hydrogen (secondary N) is 1. The van der Waals surface area contributed by atoms with Crippen LogP contribution in [-0.2, 0) is 6.54 Å². The van der Waals surface area contributed by atoms with Gasteiger partial charge in [0.15, 0.2) is 4.67 Å². The largest absolute Gasteiger partial charge is 0.497 e. The molecule has 0 spiro atoms. The highest BCUT2D eigenvalue weighted by Crippen LogP contribution is 2.31. The third-order valence-electron chi connectivity index (χ3n) is 2.56. The molecule has 0 saturated carbocycles. The summed E-state index contributed by atoms with van der Waals surface area (Å²) in [6, 6.07) is 7.52. The molecule has 4 nitrogen and oxygen atoms in total. The van der Waals surface area contributed by atoms with Crippen molar-refractivity contribution < 1.29 is 13.9 Å². The average molecular weight is 391 g/mol. The minimum absolute atomic E-state index is 0.562. The molecule has 0 atom stereocenters. The van der Waals surface area contributed by atoms with Crippen molar-refractivity contribution in [1.29, 1.82) is 0 Å². The fourth-order valence-electron chi connectivity index (χ4n) is 1.61. The van der Waals surface area contributed by atoms with Gasteiger partial charge in [-0.1, -0.05) is 0 Å². The Bertz CT molecular complexity index is 550. The lowest BCUT2D eigenvalue weighted by Crippen LogP contribution is -2.00. The molecule has 1 aromatic carbocycles. The molecule has 1 N–H and O–H groups in total. The molecule has 6 heteroatoms. The number of ether oxygens (including phenoxy) is 2. The molecule has 1 aromatic heterocycles. The van der Waals surface area contributed by atoms with Gasteiger partial charge < -0.3 is 19.2 Å². The summed E-state index contributed by atoms with van der Waals surface area (Å²) >= 11 is 6.69. The van der Waals surface area contributed by atoms with Crippen LogP contribution in [0.1, 0.15) is 5.76 Å². The molecule has 2 aromatic rings. The number of rotatable bonds is 5. The first-order chi connectivity index (χ1) is 9.13. The lowest BCUT2D eigenvalue weighted by molar-refractivity contribution is 0.395. The molecule has 0 aliphatic heterocycles. The summed E-state index contributed by atoms with van der Waals surface area (Å²) < 4.78 is 17.5. The average Bonchev–Trinajstić information content (AvgIpc) is 2.75. The predicted molar refractivity (Wildman–Crippen MR) is 81.0 cm³/mol. The van der Waals surface area contributed by atoms with Crippen LogP contribution in [0.2, 0.25) is 0 Å². The number of furan rings is 1. The van der Waals surface area contributed by atoms with Gasteiger partial charge in [0.25, 0.3) is 0 Å². The van der Waals surface area contributed by atoms with Crippen molar-refractivity contribution in [2.24, 2.45) is 0 Å². The van der Waals surface area contributed by atoms with Gasteiger partial charge in [0.1, 0.15) is 17.3 Å². The standard InChI is InChI=1S/C13H13Br2NO3/c1-17-8-3-4-11(12(6-8)18-2)16-7-9-5-10(14)13(15)19-9/h3-6,16H,7H2,1-2H3. The molecule has 0 amide bonds. The quantitative estimate of drug-likeness (QED) is 0.819. The van der Waals surface area contributed by atoms with E-state index in [1.807, 2.05) is 24.3 Å².